The molecule has 4 heteroatoms. The van der Waals surface area contributed by atoms with Gasteiger partial charge in [0, 0.05) is 6.54 Å². The van der Waals surface area contributed by atoms with Crippen LogP contribution in [0, 0.1) is 0 Å². The molecule has 3 heterocycles. The highest BCUT2D eigenvalue weighted by molar-refractivity contribution is 5.77. The van der Waals surface area contributed by atoms with Crippen molar-refractivity contribution in [3.05, 3.63) is 0 Å². The van der Waals surface area contributed by atoms with E-state index in [1.807, 2.05) is 6.92 Å². The van der Waals surface area contributed by atoms with E-state index in [0.29, 0.717) is 6.54 Å². The topological polar surface area (TPSA) is 29.1 Å². The van der Waals surface area contributed by atoms with Crippen molar-refractivity contribution < 1.29 is 13.8 Å². The first-order chi connectivity index (χ1) is 7.08. The molecular weight excluding hydrogens is 190 g/mol. The minimum Gasteiger partial charge on any atom is -0.351 e. The molecule has 86 valence electrons. The zero-order chi connectivity index (χ0) is 10.9. The van der Waals surface area contributed by atoms with Gasteiger partial charge in [0.1, 0.15) is 39.3 Å². The maximum Gasteiger partial charge on any atom is 0.275 e. The van der Waals surface area contributed by atoms with Gasteiger partial charge in [0.2, 0.25) is 0 Å². The van der Waals surface area contributed by atoms with Crippen molar-refractivity contribution in [3.8, 4) is 0 Å². The second kappa shape index (κ2) is 3.76. The Morgan fingerprint density at radius 2 is 1.67 bits per heavy atom. The fraction of sp³-hybridized carbons (Fsp3) is 0.909. The van der Waals surface area contributed by atoms with E-state index in [4.69, 9.17) is 0 Å². The maximum atomic E-state index is 11.6. The number of hydrogen-bond donors (Lipinski definition) is 1. The summed E-state index contributed by atoms with van der Waals surface area (Å²) in [4.78, 5) is 11.6. The summed E-state index contributed by atoms with van der Waals surface area (Å²) in [7, 11) is 2.35. The van der Waals surface area contributed by atoms with Crippen LogP contribution in [0.3, 0.4) is 0 Å². The summed E-state index contributed by atoms with van der Waals surface area (Å²) in [6.07, 6.45) is 0. The third-order valence-corrected chi connectivity index (χ3v) is 4.20. The predicted molar refractivity (Wildman–Crippen MR) is 59.2 cm³/mol. The molecule has 0 aromatic rings. The minimum atomic E-state index is 0.232. The molecule has 0 aliphatic carbocycles. The standard InChI is InChI=1S/C11H22N3O/c1-3-12-11(15)10-14-7-4-13(2,5-8-14)6-9-14/h3-10H2,1-2H3/q+1/p+1. The van der Waals surface area contributed by atoms with Crippen LogP contribution in [-0.4, -0.2) is 74.3 Å². The monoisotopic (exact) mass is 213 g/mol. The summed E-state index contributed by atoms with van der Waals surface area (Å²) < 4.78 is 2.27. The van der Waals surface area contributed by atoms with Crippen molar-refractivity contribution in [2.75, 3.05) is 59.4 Å². The number of nitrogens with zero attached hydrogens (tertiary/aromatic N) is 2. The van der Waals surface area contributed by atoms with Crippen LogP contribution in [0.4, 0.5) is 0 Å². The van der Waals surface area contributed by atoms with Crippen LogP contribution in [0.2, 0.25) is 0 Å². The molecule has 4 nitrogen and oxygen atoms in total. The van der Waals surface area contributed by atoms with E-state index in [2.05, 4.69) is 12.4 Å². The highest BCUT2D eigenvalue weighted by Crippen LogP contribution is 2.24. The molecule has 15 heavy (non-hydrogen) atoms. The van der Waals surface area contributed by atoms with Crippen LogP contribution in [-0.2, 0) is 4.79 Å². The van der Waals surface area contributed by atoms with Crippen LogP contribution >= 0.6 is 0 Å². The molecule has 0 aromatic heterocycles. The van der Waals surface area contributed by atoms with E-state index < -0.39 is 0 Å². The summed E-state index contributed by atoms with van der Waals surface area (Å²) >= 11 is 0. The Bertz CT molecular complexity index is 240. The number of fused-ring (bicyclic) bond motifs is 3. The van der Waals surface area contributed by atoms with Crippen LogP contribution in [0.15, 0.2) is 0 Å². The van der Waals surface area contributed by atoms with Crippen molar-refractivity contribution in [2.24, 2.45) is 0 Å². The number of rotatable bonds is 3. The molecule has 0 saturated carbocycles. The Morgan fingerprint density at radius 3 is 2.13 bits per heavy atom. The van der Waals surface area contributed by atoms with Crippen molar-refractivity contribution in [1.82, 2.24) is 5.32 Å². The highest BCUT2D eigenvalue weighted by atomic mass is 16.2. The van der Waals surface area contributed by atoms with Crippen LogP contribution in [0.5, 0.6) is 0 Å². The van der Waals surface area contributed by atoms with Gasteiger partial charge in [-0.2, -0.15) is 0 Å². The van der Waals surface area contributed by atoms with E-state index in [1.54, 1.807) is 0 Å². The summed E-state index contributed by atoms with van der Waals surface area (Å²) in [5.41, 5.74) is 0. The van der Waals surface area contributed by atoms with E-state index in [9.17, 15) is 4.79 Å². The van der Waals surface area contributed by atoms with E-state index >= 15 is 0 Å². The Balaban J connectivity index is 1.95. The van der Waals surface area contributed by atoms with E-state index in [0.717, 1.165) is 11.0 Å². The van der Waals surface area contributed by atoms with Crippen molar-refractivity contribution in [2.45, 2.75) is 6.92 Å². The van der Waals surface area contributed by atoms with E-state index in [1.165, 1.54) is 43.8 Å². The molecule has 1 N–H and O–H groups in total. The molecule has 3 saturated heterocycles. The Morgan fingerprint density at radius 1 is 1.13 bits per heavy atom. The molecule has 3 aliphatic heterocycles. The SMILES string of the molecule is CCNC(=O)C[N+]12CC[N+](C)(CC1)CC2. The Hall–Kier alpha value is -0.610. The third kappa shape index (κ3) is 2.16. The summed E-state index contributed by atoms with van der Waals surface area (Å²) in [6, 6.07) is 0. The molecule has 3 aliphatic rings. The number of carbonyl (C=O) groups excluding carboxylic acids is 1. The van der Waals surface area contributed by atoms with Crippen molar-refractivity contribution in [1.29, 1.82) is 0 Å². The van der Waals surface area contributed by atoms with Crippen molar-refractivity contribution in [3.63, 3.8) is 0 Å². The van der Waals surface area contributed by atoms with Gasteiger partial charge < -0.3 is 14.3 Å². The summed E-state index contributed by atoms with van der Waals surface area (Å²) in [5.74, 6) is 0.232. The smallest absolute Gasteiger partial charge is 0.275 e. The number of quaternary nitrogens is 2. The number of piperazine rings is 3. The van der Waals surface area contributed by atoms with Gasteiger partial charge in [0.05, 0.1) is 7.05 Å². The normalized spacial score (nSPS) is 39.1. The quantitative estimate of drug-likeness (QED) is 0.624. The first-order valence-electron chi connectivity index (χ1n) is 6.03. The molecule has 0 radical (unpaired) electrons. The molecule has 3 fully saturated rings. The predicted octanol–water partition coefficient (Wildman–Crippen LogP) is -0.587. The summed E-state index contributed by atoms with van der Waals surface area (Å²) in [5, 5.41) is 2.92. The maximum absolute atomic E-state index is 11.6. The van der Waals surface area contributed by atoms with Crippen LogP contribution in [0.25, 0.3) is 0 Å². The second-order valence-corrected chi connectivity index (χ2v) is 5.41. The van der Waals surface area contributed by atoms with Crippen molar-refractivity contribution >= 4 is 5.91 Å². The molecular formula is C11H23N3O+2. The molecule has 0 spiro atoms. The second-order valence-electron chi connectivity index (χ2n) is 5.41. The lowest BCUT2D eigenvalue weighted by molar-refractivity contribution is -1.07. The lowest BCUT2D eigenvalue weighted by Gasteiger charge is -2.53. The minimum absolute atomic E-state index is 0.232. The first kappa shape index (κ1) is 10.9. The highest BCUT2D eigenvalue weighted by Gasteiger charge is 2.47. The van der Waals surface area contributed by atoms with Gasteiger partial charge in [-0.05, 0) is 6.92 Å². The number of likely N-dealkylation sites (N-methyl/N-ethyl adjacent to an activating group) is 2. The number of carbonyl (C=O) groups is 1. The van der Waals surface area contributed by atoms with E-state index in [-0.39, 0.29) is 5.91 Å². The average molecular weight is 213 g/mol. The molecule has 2 bridgehead atoms. The largest absolute Gasteiger partial charge is 0.351 e. The van der Waals surface area contributed by atoms with Crippen LogP contribution < -0.4 is 5.32 Å². The fourth-order valence-electron chi connectivity index (χ4n) is 2.83. The molecule has 3 rings (SSSR count). The van der Waals surface area contributed by atoms with Gasteiger partial charge in [-0.3, -0.25) is 4.79 Å². The molecule has 0 aromatic carbocycles. The van der Waals surface area contributed by atoms with Gasteiger partial charge in [-0.1, -0.05) is 0 Å². The van der Waals surface area contributed by atoms with Crippen LogP contribution in [0.1, 0.15) is 6.92 Å². The molecule has 0 atom stereocenters. The van der Waals surface area contributed by atoms with Gasteiger partial charge in [-0.15, -0.1) is 0 Å². The van der Waals surface area contributed by atoms with Gasteiger partial charge in [-0.25, -0.2) is 0 Å². The first-order valence-corrected chi connectivity index (χ1v) is 6.03. The third-order valence-electron chi connectivity index (χ3n) is 4.20. The fourth-order valence-corrected chi connectivity index (χ4v) is 2.83. The van der Waals surface area contributed by atoms with Gasteiger partial charge >= 0.3 is 0 Å². The van der Waals surface area contributed by atoms with Gasteiger partial charge in [0.15, 0.2) is 6.54 Å². The lowest BCUT2D eigenvalue weighted by atomic mass is 10.1. The lowest BCUT2D eigenvalue weighted by Crippen LogP contribution is -2.74. The number of nitrogens with one attached hydrogen (secondary N) is 1. The Kier molecular flexibility index (Phi) is 2.73. The molecule has 1 amide bonds. The van der Waals surface area contributed by atoms with Gasteiger partial charge in [0.25, 0.3) is 5.91 Å². The number of amides is 1. The number of hydrogen-bond acceptors (Lipinski definition) is 1. The molecule has 0 unspecified atom stereocenters. The Labute approximate surface area is 92.0 Å². The zero-order valence-electron chi connectivity index (χ0n) is 9.96. The average Bonchev–Trinajstić information content (AvgIpc) is 2.21. The summed E-state index contributed by atoms with van der Waals surface area (Å²) in [6.45, 7) is 10.8. The zero-order valence-corrected chi connectivity index (χ0v) is 9.96.